The highest BCUT2D eigenvalue weighted by Gasteiger charge is 2.17. The number of hydrazine groups is 1. The van der Waals surface area contributed by atoms with Crippen LogP contribution in [-0.4, -0.2) is 9.97 Å². The minimum absolute atomic E-state index is 0.0440. The van der Waals surface area contributed by atoms with Crippen LogP contribution in [0.2, 0.25) is 0 Å². The van der Waals surface area contributed by atoms with Gasteiger partial charge in [0.05, 0.1) is 0 Å². The van der Waals surface area contributed by atoms with Crippen molar-refractivity contribution in [3.8, 4) is 0 Å². The Balaban J connectivity index is 3.16. The van der Waals surface area contributed by atoms with Crippen molar-refractivity contribution < 1.29 is 0 Å². The molecule has 3 N–H and O–H groups in total. The second kappa shape index (κ2) is 3.30. The summed E-state index contributed by atoms with van der Waals surface area (Å²) in [6, 6.07) is 1.81. The van der Waals surface area contributed by atoms with E-state index in [0.717, 1.165) is 11.5 Å². The summed E-state index contributed by atoms with van der Waals surface area (Å²) in [4.78, 5) is 8.62. The van der Waals surface area contributed by atoms with Gasteiger partial charge in [-0.2, -0.15) is 0 Å². The molecule has 1 heterocycles. The summed E-state index contributed by atoms with van der Waals surface area (Å²) in [7, 11) is 0. The van der Waals surface area contributed by atoms with Crippen LogP contribution in [0.4, 0.5) is 5.82 Å². The second-order valence-corrected chi connectivity index (χ2v) is 4.11. The fourth-order valence-corrected chi connectivity index (χ4v) is 0.978. The average Bonchev–Trinajstić information content (AvgIpc) is 2.01. The van der Waals surface area contributed by atoms with Gasteiger partial charge in [-0.05, 0) is 6.92 Å². The Kier molecular flexibility index (Phi) is 2.52. The first-order valence-corrected chi connectivity index (χ1v) is 4.26. The quantitative estimate of drug-likeness (QED) is 0.506. The molecule has 1 rings (SSSR count). The van der Waals surface area contributed by atoms with E-state index in [9.17, 15) is 0 Å². The maximum Gasteiger partial charge on any atom is 0.143 e. The molecule has 0 aliphatic heterocycles. The Bertz CT molecular complexity index is 301. The highest BCUT2D eigenvalue weighted by atomic mass is 15.3. The van der Waals surface area contributed by atoms with Crippen LogP contribution in [0.25, 0.3) is 0 Å². The summed E-state index contributed by atoms with van der Waals surface area (Å²) in [6.07, 6.45) is 0. The SMILES string of the molecule is Cc1cc(NN)nc(C(C)(C)C)n1. The predicted molar refractivity (Wildman–Crippen MR) is 53.3 cm³/mol. The first-order valence-electron chi connectivity index (χ1n) is 4.26. The monoisotopic (exact) mass is 180 g/mol. The number of hydrogen-bond donors (Lipinski definition) is 2. The van der Waals surface area contributed by atoms with Gasteiger partial charge in [0.2, 0.25) is 0 Å². The molecule has 0 aliphatic rings. The maximum absolute atomic E-state index is 5.29. The van der Waals surface area contributed by atoms with Crippen LogP contribution in [0.3, 0.4) is 0 Å². The molecule has 4 nitrogen and oxygen atoms in total. The molecule has 13 heavy (non-hydrogen) atoms. The lowest BCUT2D eigenvalue weighted by atomic mass is 9.95. The summed E-state index contributed by atoms with van der Waals surface area (Å²) in [5, 5.41) is 0. The standard InChI is InChI=1S/C9H16N4/c1-6-5-7(13-10)12-8(11-6)9(2,3)4/h5H,10H2,1-4H3,(H,11,12,13). The minimum atomic E-state index is -0.0440. The van der Waals surface area contributed by atoms with Crippen LogP contribution in [0.5, 0.6) is 0 Å². The summed E-state index contributed by atoms with van der Waals surface area (Å²) >= 11 is 0. The van der Waals surface area contributed by atoms with Gasteiger partial charge in [-0.25, -0.2) is 15.8 Å². The molecule has 0 amide bonds. The molecule has 4 heteroatoms. The number of rotatable bonds is 1. The third-order valence-corrected chi connectivity index (χ3v) is 1.67. The van der Waals surface area contributed by atoms with E-state index in [0.29, 0.717) is 5.82 Å². The van der Waals surface area contributed by atoms with Gasteiger partial charge >= 0.3 is 0 Å². The van der Waals surface area contributed by atoms with E-state index < -0.39 is 0 Å². The number of anilines is 1. The van der Waals surface area contributed by atoms with Gasteiger partial charge in [0.1, 0.15) is 11.6 Å². The topological polar surface area (TPSA) is 63.8 Å². The Morgan fingerprint density at radius 3 is 2.38 bits per heavy atom. The van der Waals surface area contributed by atoms with Crippen molar-refractivity contribution >= 4 is 5.82 Å². The number of aryl methyl sites for hydroxylation is 1. The van der Waals surface area contributed by atoms with Crippen molar-refractivity contribution in [3.63, 3.8) is 0 Å². The van der Waals surface area contributed by atoms with Crippen LogP contribution in [0.15, 0.2) is 6.07 Å². The highest BCUT2D eigenvalue weighted by molar-refractivity contribution is 5.34. The summed E-state index contributed by atoms with van der Waals surface area (Å²) in [6.45, 7) is 8.14. The van der Waals surface area contributed by atoms with Crippen molar-refractivity contribution in [2.45, 2.75) is 33.1 Å². The molecule has 0 unspecified atom stereocenters. The van der Waals surface area contributed by atoms with E-state index in [1.165, 1.54) is 0 Å². The highest BCUT2D eigenvalue weighted by Crippen LogP contribution is 2.19. The molecule has 0 bridgehead atoms. The zero-order valence-corrected chi connectivity index (χ0v) is 8.55. The zero-order valence-electron chi connectivity index (χ0n) is 8.55. The smallest absolute Gasteiger partial charge is 0.143 e. The van der Waals surface area contributed by atoms with Crippen LogP contribution in [0.1, 0.15) is 32.3 Å². The Hall–Kier alpha value is -1.16. The third kappa shape index (κ3) is 2.39. The normalized spacial score (nSPS) is 11.5. The molecular weight excluding hydrogens is 164 g/mol. The van der Waals surface area contributed by atoms with Gasteiger partial charge in [-0.3, -0.25) is 0 Å². The van der Waals surface area contributed by atoms with Gasteiger partial charge in [-0.1, -0.05) is 20.8 Å². The van der Waals surface area contributed by atoms with Crippen molar-refractivity contribution in [1.82, 2.24) is 9.97 Å². The fourth-order valence-electron chi connectivity index (χ4n) is 0.978. The summed E-state index contributed by atoms with van der Waals surface area (Å²) in [5.74, 6) is 6.76. The number of nitrogen functional groups attached to an aromatic ring is 1. The molecule has 0 saturated heterocycles. The molecule has 72 valence electrons. The Labute approximate surface area is 78.6 Å². The molecule has 0 spiro atoms. The average molecular weight is 180 g/mol. The van der Waals surface area contributed by atoms with Crippen molar-refractivity contribution in [1.29, 1.82) is 0 Å². The van der Waals surface area contributed by atoms with E-state index in [2.05, 4.69) is 36.2 Å². The molecule has 0 fully saturated rings. The van der Waals surface area contributed by atoms with Gasteiger partial charge in [0.15, 0.2) is 0 Å². The first kappa shape index (κ1) is 9.92. The number of hydrogen-bond acceptors (Lipinski definition) is 4. The van der Waals surface area contributed by atoms with Crippen molar-refractivity contribution in [3.05, 3.63) is 17.6 Å². The van der Waals surface area contributed by atoms with Crippen molar-refractivity contribution in [2.75, 3.05) is 5.43 Å². The molecule has 0 saturated carbocycles. The lowest BCUT2D eigenvalue weighted by molar-refractivity contribution is 0.544. The van der Waals surface area contributed by atoms with Gasteiger partial charge in [-0.15, -0.1) is 0 Å². The van der Waals surface area contributed by atoms with E-state index in [4.69, 9.17) is 5.84 Å². The number of nitrogens with zero attached hydrogens (tertiary/aromatic N) is 2. The van der Waals surface area contributed by atoms with Crippen LogP contribution >= 0.6 is 0 Å². The summed E-state index contributed by atoms with van der Waals surface area (Å²) < 4.78 is 0. The van der Waals surface area contributed by atoms with Crippen LogP contribution in [0, 0.1) is 6.92 Å². The Morgan fingerprint density at radius 2 is 1.92 bits per heavy atom. The van der Waals surface area contributed by atoms with E-state index in [1.54, 1.807) is 0 Å². The largest absolute Gasteiger partial charge is 0.308 e. The minimum Gasteiger partial charge on any atom is -0.308 e. The molecule has 0 radical (unpaired) electrons. The van der Waals surface area contributed by atoms with Gasteiger partial charge < -0.3 is 5.43 Å². The fraction of sp³-hybridized carbons (Fsp3) is 0.556. The molecule has 1 aromatic heterocycles. The van der Waals surface area contributed by atoms with Gasteiger partial charge in [0, 0.05) is 17.2 Å². The summed E-state index contributed by atoms with van der Waals surface area (Å²) in [5.41, 5.74) is 3.41. The molecular formula is C9H16N4. The number of aromatic nitrogens is 2. The maximum atomic E-state index is 5.29. The number of nitrogens with one attached hydrogen (secondary N) is 1. The van der Waals surface area contributed by atoms with Gasteiger partial charge in [0.25, 0.3) is 0 Å². The van der Waals surface area contributed by atoms with E-state index in [1.807, 2.05) is 13.0 Å². The molecule has 1 aromatic rings. The molecule has 0 atom stereocenters. The van der Waals surface area contributed by atoms with Crippen LogP contribution < -0.4 is 11.3 Å². The van der Waals surface area contributed by atoms with Crippen LogP contribution in [-0.2, 0) is 5.41 Å². The number of nitrogens with two attached hydrogens (primary N) is 1. The lowest BCUT2D eigenvalue weighted by Crippen LogP contribution is -2.19. The molecule has 0 aliphatic carbocycles. The third-order valence-electron chi connectivity index (χ3n) is 1.67. The first-order chi connectivity index (χ1) is 5.93. The predicted octanol–water partition coefficient (Wildman–Crippen LogP) is 1.37. The van der Waals surface area contributed by atoms with E-state index in [-0.39, 0.29) is 5.41 Å². The zero-order chi connectivity index (χ0) is 10.1. The lowest BCUT2D eigenvalue weighted by Gasteiger charge is -2.17. The van der Waals surface area contributed by atoms with Crippen molar-refractivity contribution in [2.24, 2.45) is 5.84 Å². The molecule has 0 aromatic carbocycles. The Morgan fingerprint density at radius 1 is 1.31 bits per heavy atom. The second-order valence-electron chi connectivity index (χ2n) is 4.11. The van der Waals surface area contributed by atoms with E-state index >= 15 is 0 Å².